The van der Waals surface area contributed by atoms with E-state index in [1.165, 1.54) is 22.9 Å². The summed E-state index contributed by atoms with van der Waals surface area (Å²) in [4.78, 5) is 24.4. The zero-order chi connectivity index (χ0) is 22.2. The highest BCUT2D eigenvalue weighted by Gasteiger charge is 2.59. The first-order valence-electron chi connectivity index (χ1n) is 10.3. The lowest BCUT2D eigenvalue weighted by Crippen LogP contribution is -2.37. The normalized spacial score (nSPS) is 18.9. The van der Waals surface area contributed by atoms with Gasteiger partial charge in [-0.15, -0.1) is 0 Å². The summed E-state index contributed by atoms with van der Waals surface area (Å²) in [6.07, 6.45) is 3.03. The van der Waals surface area contributed by atoms with Gasteiger partial charge in [0, 0.05) is 6.20 Å². The zero-order valence-corrected chi connectivity index (χ0v) is 17.0. The van der Waals surface area contributed by atoms with Crippen LogP contribution in [0.25, 0.3) is 27.6 Å². The van der Waals surface area contributed by atoms with E-state index in [9.17, 15) is 9.18 Å². The van der Waals surface area contributed by atoms with Crippen molar-refractivity contribution in [1.29, 1.82) is 0 Å². The number of aromatic nitrogens is 5. The van der Waals surface area contributed by atoms with Crippen LogP contribution in [0, 0.1) is 5.82 Å². The number of benzene rings is 2. The number of hydrogen-bond donors (Lipinski definition) is 1. The van der Waals surface area contributed by atoms with E-state index < -0.39 is 17.1 Å². The molecule has 10 heteroatoms. The summed E-state index contributed by atoms with van der Waals surface area (Å²) >= 11 is 0. The minimum Gasteiger partial charge on any atom is -0.483 e. The van der Waals surface area contributed by atoms with Crippen molar-refractivity contribution in [2.45, 2.75) is 5.72 Å². The molecule has 1 saturated heterocycles. The Hall–Kier alpha value is -4.47. The first-order chi connectivity index (χ1) is 16.1. The molecule has 1 atom stereocenters. The third-order valence-corrected chi connectivity index (χ3v) is 6.04. The summed E-state index contributed by atoms with van der Waals surface area (Å²) in [6, 6.07) is 13.5. The van der Waals surface area contributed by atoms with E-state index in [0.717, 1.165) is 0 Å². The Balaban J connectivity index is 1.40. The maximum Gasteiger partial charge on any atom is 0.267 e. The van der Waals surface area contributed by atoms with Gasteiger partial charge < -0.3 is 9.47 Å². The first-order valence-corrected chi connectivity index (χ1v) is 10.3. The maximum atomic E-state index is 14.7. The van der Waals surface area contributed by atoms with Crippen LogP contribution in [0.2, 0.25) is 0 Å². The highest BCUT2D eigenvalue weighted by atomic mass is 19.1. The molecule has 1 spiro atoms. The molecule has 0 amide bonds. The van der Waals surface area contributed by atoms with Gasteiger partial charge in [-0.25, -0.2) is 9.37 Å². The van der Waals surface area contributed by atoms with Crippen molar-refractivity contribution in [2.24, 2.45) is 0 Å². The van der Waals surface area contributed by atoms with Crippen molar-refractivity contribution in [3.63, 3.8) is 0 Å². The SMILES string of the molecule is O=c1c2cn[nH]c2c2cnc(N3CC34COc3ccccc3O4)nc2n1-c1ccccc1F. The van der Waals surface area contributed by atoms with Gasteiger partial charge in [0.25, 0.3) is 5.56 Å². The molecule has 1 fully saturated rings. The van der Waals surface area contributed by atoms with E-state index in [0.29, 0.717) is 46.9 Å². The molecule has 0 radical (unpaired) electrons. The molecule has 33 heavy (non-hydrogen) atoms. The lowest BCUT2D eigenvalue weighted by atomic mass is 10.2. The monoisotopic (exact) mass is 442 g/mol. The second-order valence-electron chi connectivity index (χ2n) is 8.03. The highest BCUT2D eigenvalue weighted by molar-refractivity contribution is 6.02. The van der Waals surface area contributed by atoms with E-state index in [2.05, 4.69) is 20.2 Å². The van der Waals surface area contributed by atoms with Crippen LogP contribution >= 0.6 is 0 Å². The number of pyridine rings is 1. The van der Waals surface area contributed by atoms with Crippen LogP contribution in [-0.4, -0.2) is 43.6 Å². The fourth-order valence-electron chi connectivity index (χ4n) is 4.32. The number of ether oxygens (including phenoxy) is 2. The molecule has 3 aromatic heterocycles. The van der Waals surface area contributed by atoms with Crippen LogP contribution < -0.4 is 19.9 Å². The molecule has 0 saturated carbocycles. The van der Waals surface area contributed by atoms with Crippen LogP contribution in [0.15, 0.2) is 65.7 Å². The molecule has 1 N–H and O–H groups in total. The molecular weight excluding hydrogens is 427 g/mol. The van der Waals surface area contributed by atoms with E-state index in [4.69, 9.17) is 9.47 Å². The predicted molar refractivity (Wildman–Crippen MR) is 117 cm³/mol. The summed E-state index contributed by atoms with van der Waals surface area (Å²) in [7, 11) is 0. The minimum atomic E-state index is -0.719. The van der Waals surface area contributed by atoms with Crippen LogP contribution in [0.1, 0.15) is 0 Å². The summed E-state index contributed by atoms with van der Waals surface area (Å²) in [5.41, 5.74) is -0.269. The Labute approximate surface area is 185 Å². The summed E-state index contributed by atoms with van der Waals surface area (Å²) < 4.78 is 28.1. The third-order valence-electron chi connectivity index (χ3n) is 6.04. The molecule has 2 aliphatic heterocycles. The van der Waals surface area contributed by atoms with Crippen molar-refractivity contribution in [3.8, 4) is 17.2 Å². The number of rotatable bonds is 2. The molecule has 162 valence electrons. The van der Waals surface area contributed by atoms with Gasteiger partial charge in [-0.05, 0) is 24.3 Å². The molecule has 0 aliphatic carbocycles. The largest absolute Gasteiger partial charge is 0.483 e. The third kappa shape index (κ3) is 2.51. The van der Waals surface area contributed by atoms with Crippen molar-refractivity contribution < 1.29 is 13.9 Å². The molecule has 9 nitrogen and oxygen atoms in total. The van der Waals surface area contributed by atoms with Gasteiger partial charge in [0.15, 0.2) is 17.1 Å². The van der Waals surface area contributed by atoms with Gasteiger partial charge in [0.05, 0.1) is 34.7 Å². The lowest BCUT2D eigenvalue weighted by molar-refractivity contribution is 0.0758. The van der Waals surface area contributed by atoms with Crippen molar-refractivity contribution in [1.82, 2.24) is 24.7 Å². The quantitative estimate of drug-likeness (QED) is 0.420. The fraction of sp³-hybridized carbons (Fsp3) is 0.130. The molecule has 2 aliphatic rings. The average Bonchev–Trinajstić information content (AvgIpc) is 3.29. The molecule has 5 aromatic rings. The summed E-state index contributed by atoms with van der Waals surface area (Å²) in [5, 5.41) is 7.70. The van der Waals surface area contributed by atoms with Gasteiger partial charge in [0.1, 0.15) is 12.4 Å². The van der Waals surface area contributed by atoms with Crippen molar-refractivity contribution in [2.75, 3.05) is 18.1 Å². The number of aromatic amines is 1. The Morgan fingerprint density at radius 3 is 2.73 bits per heavy atom. The second kappa shape index (κ2) is 6.28. The zero-order valence-electron chi connectivity index (χ0n) is 17.0. The second-order valence-corrected chi connectivity index (χ2v) is 8.03. The summed E-state index contributed by atoms with van der Waals surface area (Å²) in [5.74, 6) is 1.15. The van der Waals surface area contributed by atoms with Crippen LogP contribution in [0.4, 0.5) is 10.3 Å². The molecule has 7 rings (SSSR count). The van der Waals surface area contributed by atoms with Gasteiger partial charge in [0.2, 0.25) is 11.7 Å². The Morgan fingerprint density at radius 1 is 1.03 bits per heavy atom. The number of hydrogen-bond acceptors (Lipinski definition) is 7. The van der Waals surface area contributed by atoms with Gasteiger partial charge in [-0.2, -0.15) is 10.1 Å². The molecule has 1 unspecified atom stereocenters. The Morgan fingerprint density at radius 2 is 1.85 bits per heavy atom. The number of nitrogens with zero attached hydrogens (tertiary/aromatic N) is 5. The number of fused-ring (bicyclic) bond motifs is 4. The smallest absolute Gasteiger partial charge is 0.267 e. The predicted octanol–water partition coefficient (Wildman–Crippen LogP) is 2.78. The summed E-state index contributed by atoms with van der Waals surface area (Å²) in [6.45, 7) is 0.828. The van der Waals surface area contributed by atoms with Crippen LogP contribution in [-0.2, 0) is 0 Å². The number of nitrogens with one attached hydrogen (secondary N) is 1. The number of halogens is 1. The van der Waals surface area contributed by atoms with Crippen LogP contribution in [0.5, 0.6) is 11.5 Å². The molecule has 5 heterocycles. The van der Waals surface area contributed by atoms with Crippen LogP contribution in [0.3, 0.4) is 0 Å². The van der Waals surface area contributed by atoms with E-state index in [1.807, 2.05) is 29.2 Å². The highest BCUT2D eigenvalue weighted by Crippen LogP contribution is 2.45. The topological polar surface area (TPSA) is 97.9 Å². The van der Waals surface area contributed by atoms with Crippen molar-refractivity contribution in [3.05, 3.63) is 77.1 Å². The molecular formula is C23H15FN6O3. The average molecular weight is 442 g/mol. The molecule has 0 bridgehead atoms. The van der Waals surface area contributed by atoms with Gasteiger partial charge in [-0.3, -0.25) is 19.4 Å². The number of H-pyrrole nitrogens is 1. The van der Waals surface area contributed by atoms with E-state index >= 15 is 0 Å². The Kier molecular flexibility index (Phi) is 3.45. The Bertz CT molecular complexity index is 1650. The van der Waals surface area contributed by atoms with Crippen molar-refractivity contribution >= 4 is 27.9 Å². The number of para-hydroxylation sites is 3. The standard InChI is InChI=1S/C23H15FN6O3/c24-15-5-1-2-6-16(15)30-20-13(19-14(21(30)31)10-26-28-19)9-25-22(27-20)29-11-23(29)12-32-17-7-3-4-8-18(17)33-23/h1-10H,11-12H2,(H,26,28). The maximum absolute atomic E-state index is 14.7. The lowest BCUT2D eigenvalue weighted by Gasteiger charge is -2.26. The van der Waals surface area contributed by atoms with Gasteiger partial charge >= 0.3 is 0 Å². The minimum absolute atomic E-state index is 0.104. The molecule has 2 aromatic carbocycles. The van der Waals surface area contributed by atoms with E-state index in [1.54, 1.807) is 18.3 Å². The number of anilines is 1. The van der Waals surface area contributed by atoms with E-state index in [-0.39, 0.29) is 11.3 Å². The fourth-order valence-corrected chi connectivity index (χ4v) is 4.32. The van der Waals surface area contributed by atoms with Gasteiger partial charge in [-0.1, -0.05) is 24.3 Å². The first kappa shape index (κ1) is 18.1.